The van der Waals surface area contributed by atoms with Crippen LogP contribution < -0.4 is 0 Å². The van der Waals surface area contributed by atoms with E-state index in [0.717, 1.165) is 11.1 Å². The van der Waals surface area contributed by atoms with Crippen LogP contribution in [-0.2, 0) is 11.3 Å². The standard InChI is InChI=1S/C12H11NO4/c1-16-7-8-2-4-9(5-3-8)11-6-10(12(14)15)13-17-11/h2-6H,7H2,1H3,(H,14,15). The van der Waals surface area contributed by atoms with Gasteiger partial charge >= 0.3 is 5.97 Å². The van der Waals surface area contributed by atoms with Crippen molar-refractivity contribution in [3.63, 3.8) is 0 Å². The van der Waals surface area contributed by atoms with Gasteiger partial charge in [0.05, 0.1) is 6.61 Å². The molecule has 0 saturated heterocycles. The molecule has 1 aromatic heterocycles. The number of hydrogen-bond donors (Lipinski definition) is 1. The maximum absolute atomic E-state index is 10.6. The van der Waals surface area contributed by atoms with Gasteiger partial charge in [0.15, 0.2) is 11.5 Å². The average molecular weight is 233 g/mol. The zero-order chi connectivity index (χ0) is 12.3. The number of nitrogens with zero attached hydrogens (tertiary/aromatic N) is 1. The van der Waals surface area contributed by atoms with Crippen LogP contribution in [0.25, 0.3) is 11.3 Å². The molecule has 0 aliphatic carbocycles. The van der Waals surface area contributed by atoms with Gasteiger partial charge in [0, 0.05) is 18.7 Å². The van der Waals surface area contributed by atoms with Crippen molar-refractivity contribution in [2.75, 3.05) is 7.11 Å². The number of carboxylic acids is 1. The molecular weight excluding hydrogens is 222 g/mol. The van der Waals surface area contributed by atoms with Crippen LogP contribution in [0, 0.1) is 0 Å². The molecule has 0 aliphatic heterocycles. The van der Waals surface area contributed by atoms with Gasteiger partial charge in [-0.25, -0.2) is 4.79 Å². The Balaban J connectivity index is 2.23. The fourth-order valence-corrected chi connectivity index (χ4v) is 1.44. The maximum atomic E-state index is 10.6. The highest BCUT2D eigenvalue weighted by molar-refractivity contribution is 5.86. The fourth-order valence-electron chi connectivity index (χ4n) is 1.44. The number of benzene rings is 1. The topological polar surface area (TPSA) is 72.6 Å². The van der Waals surface area contributed by atoms with E-state index in [2.05, 4.69) is 5.16 Å². The fraction of sp³-hybridized carbons (Fsp3) is 0.167. The Labute approximate surface area is 97.6 Å². The van der Waals surface area contributed by atoms with E-state index in [1.54, 1.807) is 7.11 Å². The van der Waals surface area contributed by atoms with Gasteiger partial charge in [0.25, 0.3) is 0 Å². The number of carbonyl (C=O) groups is 1. The summed E-state index contributed by atoms with van der Waals surface area (Å²) in [6, 6.07) is 8.85. The molecule has 1 heterocycles. The zero-order valence-corrected chi connectivity index (χ0v) is 9.21. The summed E-state index contributed by atoms with van der Waals surface area (Å²) >= 11 is 0. The molecule has 0 aliphatic rings. The van der Waals surface area contributed by atoms with Crippen LogP contribution in [0.1, 0.15) is 16.1 Å². The third-order valence-corrected chi connectivity index (χ3v) is 2.28. The van der Waals surface area contributed by atoms with Crippen LogP contribution in [0.3, 0.4) is 0 Å². The van der Waals surface area contributed by atoms with E-state index in [9.17, 15) is 4.79 Å². The van der Waals surface area contributed by atoms with Crippen LogP contribution >= 0.6 is 0 Å². The van der Waals surface area contributed by atoms with Crippen molar-refractivity contribution in [3.8, 4) is 11.3 Å². The SMILES string of the molecule is COCc1ccc(-c2cc(C(=O)O)no2)cc1. The van der Waals surface area contributed by atoms with Gasteiger partial charge in [-0.15, -0.1) is 0 Å². The molecule has 2 aromatic rings. The van der Waals surface area contributed by atoms with Crippen molar-refractivity contribution in [1.82, 2.24) is 5.16 Å². The summed E-state index contributed by atoms with van der Waals surface area (Å²) in [5, 5.41) is 12.2. The van der Waals surface area contributed by atoms with Crippen LogP contribution in [0.15, 0.2) is 34.9 Å². The number of carboxylic acid groups (broad SMARTS) is 1. The Bertz CT molecular complexity index is 516. The number of methoxy groups -OCH3 is 1. The predicted octanol–water partition coefficient (Wildman–Crippen LogP) is 2.19. The average Bonchev–Trinajstić information content (AvgIpc) is 2.80. The second kappa shape index (κ2) is 4.80. The summed E-state index contributed by atoms with van der Waals surface area (Å²) in [4.78, 5) is 10.6. The van der Waals surface area contributed by atoms with Gasteiger partial charge in [-0.1, -0.05) is 29.4 Å². The highest BCUT2D eigenvalue weighted by atomic mass is 16.5. The summed E-state index contributed by atoms with van der Waals surface area (Å²) in [6.07, 6.45) is 0. The predicted molar refractivity (Wildman–Crippen MR) is 59.6 cm³/mol. The quantitative estimate of drug-likeness (QED) is 0.876. The summed E-state index contributed by atoms with van der Waals surface area (Å²) in [5.74, 6) is -0.664. The molecule has 2 rings (SSSR count). The number of hydrogen-bond acceptors (Lipinski definition) is 4. The largest absolute Gasteiger partial charge is 0.476 e. The van der Waals surface area contributed by atoms with Crippen LogP contribution in [0.5, 0.6) is 0 Å². The third-order valence-electron chi connectivity index (χ3n) is 2.28. The van der Waals surface area contributed by atoms with Gasteiger partial charge in [-0.05, 0) is 5.56 Å². The number of ether oxygens (including phenoxy) is 1. The Morgan fingerprint density at radius 2 is 2.12 bits per heavy atom. The lowest BCUT2D eigenvalue weighted by atomic mass is 10.1. The molecule has 0 atom stereocenters. The maximum Gasteiger partial charge on any atom is 0.358 e. The zero-order valence-electron chi connectivity index (χ0n) is 9.21. The second-order valence-electron chi connectivity index (χ2n) is 3.51. The summed E-state index contributed by atoms with van der Waals surface area (Å²) in [5.41, 5.74) is 1.72. The summed E-state index contributed by atoms with van der Waals surface area (Å²) in [6.45, 7) is 0.539. The van der Waals surface area contributed by atoms with E-state index >= 15 is 0 Å². The first-order chi connectivity index (χ1) is 8.20. The van der Waals surface area contributed by atoms with Gasteiger partial charge in [0.2, 0.25) is 0 Å². The Morgan fingerprint density at radius 1 is 1.41 bits per heavy atom. The monoisotopic (exact) mass is 233 g/mol. The molecule has 0 amide bonds. The first-order valence-corrected chi connectivity index (χ1v) is 4.99. The van der Waals surface area contributed by atoms with E-state index in [1.807, 2.05) is 24.3 Å². The molecule has 88 valence electrons. The molecular formula is C12H11NO4. The lowest BCUT2D eigenvalue weighted by Crippen LogP contribution is -1.94. The van der Waals surface area contributed by atoms with Gasteiger partial charge in [-0.3, -0.25) is 0 Å². The number of rotatable bonds is 4. The van der Waals surface area contributed by atoms with E-state index in [4.69, 9.17) is 14.4 Å². The van der Waals surface area contributed by atoms with E-state index in [0.29, 0.717) is 12.4 Å². The highest BCUT2D eigenvalue weighted by Gasteiger charge is 2.11. The van der Waals surface area contributed by atoms with Crippen molar-refractivity contribution in [1.29, 1.82) is 0 Å². The Kier molecular flexibility index (Phi) is 3.20. The lowest BCUT2D eigenvalue weighted by molar-refractivity contribution is 0.0686. The Morgan fingerprint density at radius 3 is 2.65 bits per heavy atom. The van der Waals surface area contributed by atoms with E-state index in [-0.39, 0.29) is 5.69 Å². The normalized spacial score (nSPS) is 10.4. The highest BCUT2D eigenvalue weighted by Crippen LogP contribution is 2.21. The van der Waals surface area contributed by atoms with Gasteiger partial charge < -0.3 is 14.4 Å². The molecule has 0 radical (unpaired) electrons. The minimum atomic E-state index is -1.10. The smallest absolute Gasteiger partial charge is 0.358 e. The van der Waals surface area contributed by atoms with Crippen molar-refractivity contribution in [3.05, 3.63) is 41.6 Å². The van der Waals surface area contributed by atoms with Gasteiger partial charge in [-0.2, -0.15) is 0 Å². The molecule has 17 heavy (non-hydrogen) atoms. The summed E-state index contributed by atoms with van der Waals surface area (Å²) < 4.78 is 9.95. The molecule has 0 unspecified atom stereocenters. The van der Waals surface area contributed by atoms with Crippen molar-refractivity contribution in [2.45, 2.75) is 6.61 Å². The molecule has 0 spiro atoms. The minimum Gasteiger partial charge on any atom is -0.476 e. The van der Waals surface area contributed by atoms with Crippen LogP contribution in [-0.4, -0.2) is 23.3 Å². The van der Waals surface area contributed by atoms with E-state index in [1.165, 1.54) is 6.07 Å². The summed E-state index contributed by atoms with van der Waals surface area (Å²) in [7, 11) is 1.63. The van der Waals surface area contributed by atoms with Crippen LogP contribution in [0.2, 0.25) is 0 Å². The second-order valence-corrected chi connectivity index (χ2v) is 3.51. The first kappa shape index (κ1) is 11.3. The molecule has 1 N–H and O–H groups in total. The van der Waals surface area contributed by atoms with Crippen molar-refractivity contribution in [2.24, 2.45) is 0 Å². The lowest BCUT2D eigenvalue weighted by Gasteiger charge is -2.00. The molecule has 5 heteroatoms. The number of aromatic nitrogens is 1. The third kappa shape index (κ3) is 2.51. The van der Waals surface area contributed by atoms with Crippen molar-refractivity contribution < 1.29 is 19.2 Å². The minimum absolute atomic E-state index is 0.0963. The van der Waals surface area contributed by atoms with Crippen molar-refractivity contribution >= 4 is 5.97 Å². The molecule has 0 bridgehead atoms. The van der Waals surface area contributed by atoms with Crippen LogP contribution in [0.4, 0.5) is 0 Å². The van der Waals surface area contributed by atoms with Gasteiger partial charge in [0.1, 0.15) is 0 Å². The molecule has 1 aromatic carbocycles. The molecule has 0 fully saturated rings. The molecule has 0 saturated carbocycles. The Hall–Kier alpha value is -2.14. The van der Waals surface area contributed by atoms with E-state index < -0.39 is 5.97 Å². The first-order valence-electron chi connectivity index (χ1n) is 4.99. The molecule has 5 nitrogen and oxygen atoms in total. The number of aromatic carboxylic acids is 1.